The summed E-state index contributed by atoms with van der Waals surface area (Å²) in [5.41, 5.74) is -0.846. The first-order chi connectivity index (χ1) is 7.50. The second-order valence-electron chi connectivity index (χ2n) is 4.19. The van der Waals surface area contributed by atoms with E-state index in [9.17, 15) is 4.79 Å². The fourth-order valence-electron chi connectivity index (χ4n) is 1.87. The first kappa shape index (κ1) is 13.2. The third kappa shape index (κ3) is 2.13. The molecule has 1 saturated heterocycles. The lowest BCUT2D eigenvalue weighted by atomic mass is 9.78. The summed E-state index contributed by atoms with van der Waals surface area (Å²) in [7, 11) is 0. The van der Waals surface area contributed by atoms with E-state index in [1.165, 1.54) is 0 Å². The van der Waals surface area contributed by atoms with Gasteiger partial charge >= 0.3 is 5.97 Å². The van der Waals surface area contributed by atoms with Crippen molar-refractivity contribution in [3.63, 3.8) is 0 Å². The molecule has 0 aromatic carbocycles. The van der Waals surface area contributed by atoms with Crippen LogP contribution in [0.15, 0.2) is 12.7 Å². The van der Waals surface area contributed by atoms with Gasteiger partial charge in [0.15, 0.2) is 5.79 Å². The molecule has 16 heavy (non-hydrogen) atoms. The van der Waals surface area contributed by atoms with Crippen LogP contribution in [0.25, 0.3) is 0 Å². The van der Waals surface area contributed by atoms with Crippen LogP contribution in [0.5, 0.6) is 0 Å². The number of ether oxygens (including phenoxy) is 3. The number of esters is 1. The second-order valence-corrected chi connectivity index (χ2v) is 4.19. The van der Waals surface area contributed by atoms with Gasteiger partial charge in [-0.2, -0.15) is 0 Å². The van der Waals surface area contributed by atoms with E-state index in [0.717, 1.165) is 0 Å². The molecule has 1 heterocycles. The molecule has 92 valence electrons. The molecule has 0 unspecified atom stereocenters. The molecule has 0 aromatic heterocycles. The lowest BCUT2D eigenvalue weighted by molar-refractivity contribution is -0.229. The Morgan fingerprint density at radius 3 is 2.56 bits per heavy atom. The van der Waals surface area contributed by atoms with Gasteiger partial charge in [-0.3, -0.25) is 4.79 Å². The maximum Gasteiger partial charge on any atom is 0.317 e. The van der Waals surface area contributed by atoms with Gasteiger partial charge < -0.3 is 14.2 Å². The van der Waals surface area contributed by atoms with Gasteiger partial charge in [0.1, 0.15) is 5.41 Å². The zero-order chi connectivity index (χ0) is 12.2. The first-order valence-corrected chi connectivity index (χ1v) is 5.56. The molecule has 0 N–H and O–H groups in total. The van der Waals surface area contributed by atoms with Crippen molar-refractivity contribution in [3.05, 3.63) is 12.7 Å². The van der Waals surface area contributed by atoms with E-state index in [0.29, 0.717) is 26.2 Å². The Hall–Kier alpha value is -0.870. The summed E-state index contributed by atoms with van der Waals surface area (Å²) in [5, 5.41) is 0. The molecule has 1 fully saturated rings. The fraction of sp³-hybridized carbons (Fsp3) is 0.750. The van der Waals surface area contributed by atoms with E-state index in [2.05, 4.69) is 6.58 Å². The minimum atomic E-state index is -0.923. The van der Waals surface area contributed by atoms with Crippen LogP contribution in [0.3, 0.4) is 0 Å². The predicted octanol–water partition coefficient (Wildman–Crippen LogP) is 1.89. The zero-order valence-electron chi connectivity index (χ0n) is 10.2. The molecule has 1 aliphatic heterocycles. The lowest BCUT2D eigenvalue weighted by Gasteiger charge is -2.39. The molecule has 0 aromatic rings. The molecule has 0 amide bonds. The number of hydrogen-bond acceptors (Lipinski definition) is 4. The minimum Gasteiger partial charge on any atom is -0.465 e. The SMILES string of the molecule is C=CC[C@](C)(C(=O)OCC)C1(C)OCCO1. The number of allylic oxidation sites excluding steroid dienone is 1. The summed E-state index contributed by atoms with van der Waals surface area (Å²) < 4.78 is 16.2. The van der Waals surface area contributed by atoms with Crippen molar-refractivity contribution in [1.29, 1.82) is 0 Å². The Bertz CT molecular complexity index is 268. The Labute approximate surface area is 96.6 Å². The van der Waals surface area contributed by atoms with Crippen LogP contribution in [-0.2, 0) is 19.0 Å². The van der Waals surface area contributed by atoms with Gasteiger partial charge in [-0.15, -0.1) is 6.58 Å². The smallest absolute Gasteiger partial charge is 0.317 e. The largest absolute Gasteiger partial charge is 0.465 e. The average Bonchev–Trinajstić information content (AvgIpc) is 2.67. The number of rotatable bonds is 5. The van der Waals surface area contributed by atoms with Gasteiger partial charge in [-0.1, -0.05) is 6.08 Å². The second kappa shape index (κ2) is 4.97. The summed E-state index contributed by atoms with van der Waals surface area (Å²) >= 11 is 0. The Balaban J connectivity index is 2.94. The van der Waals surface area contributed by atoms with Gasteiger partial charge in [0.05, 0.1) is 19.8 Å². The van der Waals surface area contributed by atoms with Crippen molar-refractivity contribution in [1.82, 2.24) is 0 Å². The fourth-order valence-corrected chi connectivity index (χ4v) is 1.87. The average molecular weight is 228 g/mol. The highest BCUT2D eigenvalue weighted by Crippen LogP contribution is 2.42. The Morgan fingerprint density at radius 2 is 2.12 bits per heavy atom. The molecule has 0 aliphatic carbocycles. The van der Waals surface area contributed by atoms with Crippen molar-refractivity contribution < 1.29 is 19.0 Å². The number of carbonyl (C=O) groups is 1. The van der Waals surface area contributed by atoms with Crippen LogP contribution in [0.1, 0.15) is 27.2 Å². The molecule has 0 saturated carbocycles. The van der Waals surface area contributed by atoms with E-state index in [-0.39, 0.29) is 5.97 Å². The highest BCUT2D eigenvalue weighted by Gasteiger charge is 2.54. The Kier molecular flexibility index (Phi) is 4.10. The monoisotopic (exact) mass is 228 g/mol. The maximum atomic E-state index is 12.0. The van der Waals surface area contributed by atoms with Crippen molar-refractivity contribution in [2.45, 2.75) is 33.0 Å². The van der Waals surface area contributed by atoms with Crippen LogP contribution in [0.4, 0.5) is 0 Å². The highest BCUT2D eigenvalue weighted by atomic mass is 16.7. The van der Waals surface area contributed by atoms with Crippen molar-refractivity contribution in [3.8, 4) is 0 Å². The van der Waals surface area contributed by atoms with Crippen molar-refractivity contribution in [2.24, 2.45) is 5.41 Å². The number of carbonyl (C=O) groups excluding carboxylic acids is 1. The molecule has 0 radical (unpaired) electrons. The van der Waals surface area contributed by atoms with Gasteiger partial charge in [0, 0.05) is 0 Å². The molecule has 1 aliphatic rings. The third-order valence-corrected chi connectivity index (χ3v) is 3.12. The predicted molar refractivity (Wildman–Crippen MR) is 59.9 cm³/mol. The van der Waals surface area contributed by atoms with Crippen molar-refractivity contribution in [2.75, 3.05) is 19.8 Å². The van der Waals surface area contributed by atoms with E-state index >= 15 is 0 Å². The third-order valence-electron chi connectivity index (χ3n) is 3.12. The first-order valence-electron chi connectivity index (χ1n) is 5.56. The summed E-state index contributed by atoms with van der Waals surface area (Å²) in [6.45, 7) is 10.4. The maximum absolute atomic E-state index is 12.0. The molecule has 1 atom stereocenters. The topological polar surface area (TPSA) is 44.8 Å². The van der Waals surface area contributed by atoms with Gasteiger partial charge in [-0.25, -0.2) is 0 Å². The van der Waals surface area contributed by atoms with Gasteiger partial charge in [0.2, 0.25) is 0 Å². The molecule has 0 bridgehead atoms. The molecule has 4 nitrogen and oxygen atoms in total. The van der Waals surface area contributed by atoms with Gasteiger partial charge in [-0.05, 0) is 27.2 Å². The highest BCUT2D eigenvalue weighted by molar-refractivity contribution is 5.78. The van der Waals surface area contributed by atoms with Crippen LogP contribution in [0, 0.1) is 5.41 Å². The summed E-state index contributed by atoms with van der Waals surface area (Å²) in [6.07, 6.45) is 2.15. The van der Waals surface area contributed by atoms with Crippen LogP contribution < -0.4 is 0 Å². The van der Waals surface area contributed by atoms with Crippen molar-refractivity contribution >= 4 is 5.97 Å². The molecule has 4 heteroatoms. The van der Waals surface area contributed by atoms with E-state index < -0.39 is 11.2 Å². The molecule has 0 spiro atoms. The van der Waals surface area contributed by atoms with E-state index in [1.807, 2.05) is 0 Å². The molecular formula is C12H20O4. The van der Waals surface area contributed by atoms with E-state index in [4.69, 9.17) is 14.2 Å². The van der Waals surface area contributed by atoms with Crippen LogP contribution in [-0.4, -0.2) is 31.6 Å². The summed E-state index contributed by atoms with van der Waals surface area (Å²) in [5.74, 6) is -1.23. The molecular weight excluding hydrogens is 208 g/mol. The normalized spacial score (nSPS) is 22.4. The quantitative estimate of drug-likeness (QED) is 0.532. The Morgan fingerprint density at radius 1 is 1.56 bits per heavy atom. The zero-order valence-corrected chi connectivity index (χ0v) is 10.2. The van der Waals surface area contributed by atoms with Gasteiger partial charge in [0.25, 0.3) is 0 Å². The van der Waals surface area contributed by atoms with E-state index in [1.54, 1.807) is 26.8 Å². The summed E-state index contributed by atoms with van der Waals surface area (Å²) in [4.78, 5) is 12.0. The summed E-state index contributed by atoms with van der Waals surface area (Å²) in [6, 6.07) is 0. The lowest BCUT2D eigenvalue weighted by Crippen LogP contribution is -2.50. The number of hydrogen-bond donors (Lipinski definition) is 0. The van der Waals surface area contributed by atoms with Crippen LogP contribution in [0.2, 0.25) is 0 Å². The minimum absolute atomic E-state index is 0.306. The molecule has 1 rings (SSSR count). The standard InChI is InChI=1S/C12H20O4/c1-5-7-11(3,10(13)14-6-2)12(4)15-8-9-16-12/h5H,1,6-9H2,2-4H3/t11-/m1/s1. The van der Waals surface area contributed by atoms with Crippen LogP contribution >= 0.6 is 0 Å².